The third kappa shape index (κ3) is 6.48. The van der Waals surface area contributed by atoms with Crippen LogP contribution in [0.1, 0.15) is 31.9 Å². The predicted octanol–water partition coefficient (Wildman–Crippen LogP) is 3.94. The van der Waals surface area contributed by atoms with E-state index in [1.165, 1.54) is 18.8 Å². The molecule has 0 radical (unpaired) electrons. The number of ether oxygens (including phenoxy) is 1. The summed E-state index contributed by atoms with van der Waals surface area (Å²) in [7, 11) is -0.721. The van der Waals surface area contributed by atoms with Crippen LogP contribution < -0.4 is 10.1 Å². The van der Waals surface area contributed by atoms with Crippen molar-refractivity contribution in [3.63, 3.8) is 0 Å². The lowest BCUT2D eigenvalue weighted by molar-refractivity contribution is -0.122. The molecule has 0 saturated carbocycles. The molecule has 2 aromatic carbocycles. The van der Waals surface area contributed by atoms with Crippen molar-refractivity contribution in [3.8, 4) is 5.75 Å². The molecule has 2 rings (SSSR count). The van der Waals surface area contributed by atoms with Crippen molar-refractivity contribution in [2.45, 2.75) is 36.1 Å². The summed E-state index contributed by atoms with van der Waals surface area (Å²) < 4.78 is 31.9. The van der Waals surface area contributed by atoms with Crippen molar-refractivity contribution in [2.24, 2.45) is 5.92 Å². The number of nitrogens with one attached hydrogen (secondary N) is 1. The molecule has 1 atom stereocenters. The molecule has 0 spiro atoms. The summed E-state index contributed by atoms with van der Waals surface area (Å²) in [5.41, 5.74) is 0.955. The van der Waals surface area contributed by atoms with Gasteiger partial charge in [0, 0.05) is 11.9 Å². The van der Waals surface area contributed by atoms with Gasteiger partial charge in [-0.25, -0.2) is 8.42 Å². The molecule has 1 N–H and O–H groups in total. The quantitative estimate of drug-likeness (QED) is 0.555. The van der Waals surface area contributed by atoms with E-state index in [9.17, 15) is 13.2 Å². The van der Waals surface area contributed by atoms with Gasteiger partial charge in [0.1, 0.15) is 5.75 Å². The van der Waals surface area contributed by atoms with Gasteiger partial charge in [0.25, 0.3) is 0 Å². The first-order valence-electron chi connectivity index (χ1n) is 9.71. The number of thioether (sulfide) groups is 1. The molecule has 30 heavy (non-hydrogen) atoms. The molecule has 0 aliphatic heterocycles. The molecule has 164 valence electrons. The maximum atomic E-state index is 12.8. The fraction of sp³-hybridized carbons (Fsp3) is 0.409. The molecule has 8 heteroatoms. The number of methoxy groups -OCH3 is 1. The average Bonchev–Trinajstić information content (AvgIpc) is 2.73. The summed E-state index contributed by atoms with van der Waals surface area (Å²) in [6, 6.07) is 14.0. The smallest absolute Gasteiger partial charge is 0.243 e. The van der Waals surface area contributed by atoms with Gasteiger partial charge in [0.2, 0.25) is 15.9 Å². The highest BCUT2D eigenvalue weighted by molar-refractivity contribution is 7.98. The Morgan fingerprint density at radius 3 is 2.20 bits per heavy atom. The first-order chi connectivity index (χ1) is 14.2. The molecule has 0 aromatic heterocycles. The maximum Gasteiger partial charge on any atom is 0.243 e. The molecule has 1 amide bonds. The zero-order chi connectivity index (χ0) is 22.3. The van der Waals surface area contributed by atoms with Crippen molar-refractivity contribution in [1.29, 1.82) is 0 Å². The normalized spacial score (nSPS) is 12.8. The Morgan fingerprint density at radius 2 is 1.70 bits per heavy atom. The van der Waals surface area contributed by atoms with Gasteiger partial charge in [-0.3, -0.25) is 4.79 Å². The largest absolute Gasteiger partial charge is 0.497 e. The minimum absolute atomic E-state index is 0.171. The summed E-state index contributed by atoms with van der Waals surface area (Å²) in [6.07, 6.45) is 2.67. The Bertz CT molecular complexity index is 927. The standard InChI is InChI=1S/C22H30N2O4S2/c1-16(2)14-21(17-6-8-18(28-4)9-7-17)23-22(25)15-24(3)30(26,27)20-12-10-19(29-5)11-13-20/h6-13,16,21H,14-15H2,1-5H3,(H,23,25). The lowest BCUT2D eigenvalue weighted by atomic mass is 9.97. The number of nitrogens with zero attached hydrogens (tertiary/aromatic N) is 1. The zero-order valence-corrected chi connectivity index (χ0v) is 19.7. The van der Waals surface area contributed by atoms with Crippen LogP contribution in [0.15, 0.2) is 58.3 Å². The Morgan fingerprint density at radius 1 is 1.10 bits per heavy atom. The second-order valence-electron chi connectivity index (χ2n) is 7.46. The third-order valence-electron chi connectivity index (χ3n) is 4.69. The Hall–Kier alpha value is -2.03. The Balaban J connectivity index is 2.10. The van der Waals surface area contributed by atoms with Crippen molar-refractivity contribution in [1.82, 2.24) is 9.62 Å². The molecule has 0 aliphatic rings. The lowest BCUT2D eigenvalue weighted by Crippen LogP contribution is -2.40. The minimum Gasteiger partial charge on any atom is -0.497 e. The van der Waals surface area contributed by atoms with Crippen molar-refractivity contribution in [3.05, 3.63) is 54.1 Å². The third-order valence-corrected chi connectivity index (χ3v) is 7.26. The van der Waals surface area contributed by atoms with E-state index < -0.39 is 10.0 Å². The van der Waals surface area contributed by atoms with Crippen molar-refractivity contribution in [2.75, 3.05) is 27.0 Å². The average molecular weight is 451 g/mol. The van der Waals surface area contributed by atoms with E-state index in [0.29, 0.717) is 5.92 Å². The Labute approximate surface area is 184 Å². The van der Waals surface area contributed by atoms with Crippen LogP contribution in [0.2, 0.25) is 0 Å². The van der Waals surface area contributed by atoms with Crippen LogP contribution in [0.5, 0.6) is 5.75 Å². The van der Waals surface area contributed by atoms with Crippen LogP contribution >= 0.6 is 11.8 Å². The van der Waals surface area contributed by atoms with Crippen LogP contribution in [0, 0.1) is 5.92 Å². The topological polar surface area (TPSA) is 75.7 Å². The van der Waals surface area contributed by atoms with E-state index >= 15 is 0 Å². The fourth-order valence-electron chi connectivity index (χ4n) is 3.04. The number of carbonyl (C=O) groups is 1. The molecule has 6 nitrogen and oxygen atoms in total. The molecule has 0 fully saturated rings. The summed E-state index contributed by atoms with van der Waals surface area (Å²) >= 11 is 1.54. The van der Waals surface area contributed by atoms with Crippen LogP contribution in [-0.4, -0.2) is 45.6 Å². The van der Waals surface area contributed by atoms with Crippen molar-refractivity contribution >= 4 is 27.7 Å². The monoisotopic (exact) mass is 450 g/mol. The number of rotatable bonds is 10. The van der Waals surface area contributed by atoms with E-state index in [1.807, 2.05) is 30.5 Å². The number of sulfonamides is 1. The highest BCUT2D eigenvalue weighted by atomic mass is 32.2. The van der Waals surface area contributed by atoms with Crippen LogP contribution in [0.4, 0.5) is 0 Å². The van der Waals surface area contributed by atoms with Gasteiger partial charge in [-0.15, -0.1) is 11.8 Å². The van der Waals surface area contributed by atoms with Gasteiger partial charge >= 0.3 is 0 Å². The molecular weight excluding hydrogens is 420 g/mol. The van der Waals surface area contributed by atoms with Gasteiger partial charge in [0.15, 0.2) is 0 Å². The molecular formula is C22H30N2O4S2. The van der Waals surface area contributed by atoms with E-state index in [4.69, 9.17) is 4.74 Å². The summed E-state index contributed by atoms with van der Waals surface area (Å²) in [4.78, 5) is 13.8. The summed E-state index contributed by atoms with van der Waals surface area (Å²) in [6.45, 7) is 3.91. The minimum atomic E-state index is -3.74. The molecule has 0 heterocycles. The molecule has 0 aliphatic carbocycles. The fourth-order valence-corrected chi connectivity index (χ4v) is 4.58. The lowest BCUT2D eigenvalue weighted by Gasteiger charge is -2.23. The molecule has 0 saturated heterocycles. The van der Waals surface area contributed by atoms with Gasteiger partial charge in [-0.05, 0) is 60.6 Å². The highest BCUT2D eigenvalue weighted by Gasteiger charge is 2.24. The molecule has 0 bridgehead atoms. The van der Waals surface area contributed by atoms with Crippen LogP contribution in [0.3, 0.4) is 0 Å². The summed E-state index contributed by atoms with van der Waals surface area (Å²) in [5, 5.41) is 2.99. The van der Waals surface area contributed by atoms with Crippen LogP contribution in [-0.2, 0) is 14.8 Å². The van der Waals surface area contributed by atoms with Crippen LogP contribution in [0.25, 0.3) is 0 Å². The van der Waals surface area contributed by atoms with Gasteiger partial charge in [-0.2, -0.15) is 4.31 Å². The molecule has 2 aromatic rings. The molecule has 1 unspecified atom stereocenters. The second-order valence-corrected chi connectivity index (χ2v) is 10.4. The van der Waals surface area contributed by atoms with E-state index in [-0.39, 0.29) is 23.4 Å². The van der Waals surface area contributed by atoms with Gasteiger partial charge in [-0.1, -0.05) is 26.0 Å². The first-order valence-corrected chi connectivity index (χ1v) is 12.4. The number of carbonyl (C=O) groups excluding carboxylic acids is 1. The number of hydrogen-bond donors (Lipinski definition) is 1. The number of hydrogen-bond acceptors (Lipinski definition) is 5. The van der Waals surface area contributed by atoms with Crippen molar-refractivity contribution < 1.29 is 17.9 Å². The van der Waals surface area contributed by atoms with Gasteiger partial charge in [0.05, 0.1) is 24.6 Å². The van der Waals surface area contributed by atoms with E-state index in [0.717, 1.165) is 26.9 Å². The predicted molar refractivity (Wildman–Crippen MR) is 121 cm³/mol. The Kier molecular flexibility index (Phi) is 8.76. The summed E-state index contributed by atoms with van der Waals surface area (Å²) in [5.74, 6) is 0.754. The highest BCUT2D eigenvalue weighted by Crippen LogP contribution is 2.24. The maximum absolute atomic E-state index is 12.8. The zero-order valence-electron chi connectivity index (χ0n) is 18.1. The second kappa shape index (κ2) is 10.8. The number of benzene rings is 2. The van der Waals surface area contributed by atoms with E-state index in [2.05, 4.69) is 19.2 Å². The number of amides is 1. The SMILES string of the molecule is COc1ccc(C(CC(C)C)NC(=O)CN(C)S(=O)(=O)c2ccc(SC)cc2)cc1. The number of likely N-dealkylation sites (N-methyl/N-ethyl adjacent to an activating group) is 1. The first kappa shape index (κ1) is 24.2. The van der Waals surface area contributed by atoms with E-state index in [1.54, 1.807) is 31.4 Å². The van der Waals surface area contributed by atoms with Gasteiger partial charge < -0.3 is 10.1 Å².